The molecule has 0 spiro atoms. The molecule has 0 bridgehead atoms. The molecule has 160 valence electrons. The van der Waals surface area contributed by atoms with E-state index in [4.69, 9.17) is 4.74 Å². The second-order valence-corrected chi connectivity index (χ2v) is 9.14. The second kappa shape index (κ2) is 8.81. The summed E-state index contributed by atoms with van der Waals surface area (Å²) in [5, 5.41) is 2.83. The lowest BCUT2D eigenvalue weighted by molar-refractivity contribution is 0.102. The Labute approximate surface area is 182 Å². The summed E-state index contributed by atoms with van der Waals surface area (Å²) in [6, 6.07) is 20.8. The van der Waals surface area contributed by atoms with Crippen LogP contribution in [0.3, 0.4) is 0 Å². The molecule has 7 heteroatoms. The van der Waals surface area contributed by atoms with Crippen LogP contribution in [0.5, 0.6) is 5.75 Å². The van der Waals surface area contributed by atoms with Gasteiger partial charge in [0.05, 0.1) is 22.9 Å². The molecule has 1 N–H and O–H groups in total. The Hall–Kier alpha value is -3.32. The van der Waals surface area contributed by atoms with Gasteiger partial charge in [-0.2, -0.15) is 0 Å². The quantitative estimate of drug-likeness (QED) is 0.593. The second-order valence-electron chi connectivity index (χ2n) is 7.28. The first-order chi connectivity index (χ1) is 15.0. The van der Waals surface area contributed by atoms with Gasteiger partial charge in [0, 0.05) is 12.1 Å². The molecule has 3 aromatic carbocycles. The third-order valence-electron chi connectivity index (χ3n) is 5.13. The van der Waals surface area contributed by atoms with Gasteiger partial charge >= 0.3 is 0 Å². The molecule has 31 heavy (non-hydrogen) atoms. The molecule has 0 aromatic heterocycles. The molecular formula is C24H24N2O4S. The summed E-state index contributed by atoms with van der Waals surface area (Å²) in [7, 11) is -3.77. The Kier molecular flexibility index (Phi) is 5.95. The fraction of sp³-hybridized carbons (Fsp3) is 0.208. The van der Waals surface area contributed by atoms with Crippen LogP contribution in [0, 0.1) is 0 Å². The highest BCUT2D eigenvalue weighted by Gasteiger charge is 2.31. The van der Waals surface area contributed by atoms with Crippen molar-refractivity contribution in [1.82, 2.24) is 0 Å². The van der Waals surface area contributed by atoms with Gasteiger partial charge in [0.2, 0.25) is 0 Å². The number of fused-ring (bicyclic) bond motifs is 1. The number of hydrogen-bond donors (Lipinski definition) is 1. The Bertz CT molecular complexity index is 1210. The summed E-state index contributed by atoms with van der Waals surface area (Å²) in [6.07, 6.45) is 1.52. The van der Waals surface area contributed by atoms with Gasteiger partial charge in [0.1, 0.15) is 5.75 Å². The van der Waals surface area contributed by atoms with Gasteiger partial charge in [0.15, 0.2) is 0 Å². The lowest BCUT2D eigenvalue weighted by atomic mass is 10.2. The average Bonchev–Trinajstić information content (AvgIpc) is 3.23. The number of ether oxygens (including phenoxy) is 1. The van der Waals surface area contributed by atoms with Gasteiger partial charge in [-0.1, -0.05) is 43.3 Å². The minimum absolute atomic E-state index is 0.0902. The van der Waals surface area contributed by atoms with E-state index in [0.717, 1.165) is 12.0 Å². The SMILES string of the molecule is CCCOc1ccccc1NC(=O)c1cccc(S(=O)(=O)N2CCc3ccccc32)c1. The normalized spacial score (nSPS) is 13.0. The van der Waals surface area contributed by atoms with Crippen molar-refractivity contribution in [2.24, 2.45) is 0 Å². The number of para-hydroxylation sites is 3. The average molecular weight is 437 g/mol. The van der Waals surface area contributed by atoms with Crippen LogP contribution in [-0.4, -0.2) is 27.5 Å². The molecule has 1 aliphatic heterocycles. The van der Waals surface area contributed by atoms with Crippen molar-refractivity contribution < 1.29 is 17.9 Å². The summed E-state index contributed by atoms with van der Waals surface area (Å²) in [4.78, 5) is 13.0. The van der Waals surface area contributed by atoms with Crippen molar-refractivity contribution in [3.8, 4) is 5.75 Å². The van der Waals surface area contributed by atoms with Crippen LogP contribution >= 0.6 is 0 Å². The van der Waals surface area contributed by atoms with E-state index in [1.54, 1.807) is 30.3 Å². The van der Waals surface area contributed by atoms with Gasteiger partial charge in [-0.3, -0.25) is 9.10 Å². The van der Waals surface area contributed by atoms with E-state index in [2.05, 4.69) is 5.32 Å². The van der Waals surface area contributed by atoms with E-state index in [9.17, 15) is 13.2 Å². The minimum atomic E-state index is -3.77. The third kappa shape index (κ3) is 4.27. The zero-order chi connectivity index (χ0) is 21.8. The third-order valence-corrected chi connectivity index (χ3v) is 6.93. The van der Waals surface area contributed by atoms with Crippen LogP contribution in [0.4, 0.5) is 11.4 Å². The number of carbonyl (C=O) groups is 1. The summed E-state index contributed by atoms with van der Waals surface area (Å²) < 4.78 is 33.6. The fourth-order valence-electron chi connectivity index (χ4n) is 3.58. The van der Waals surface area contributed by atoms with Crippen LogP contribution in [-0.2, 0) is 16.4 Å². The van der Waals surface area contributed by atoms with E-state index >= 15 is 0 Å². The topological polar surface area (TPSA) is 75.7 Å². The van der Waals surface area contributed by atoms with Gasteiger partial charge in [-0.05, 0) is 54.8 Å². The first-order valence-electron chi connectivity index (χ1n) is 10.2. The molecule has 0 fully saturated rings. The van der Waals surface area contributed by atoms with Gasteiger partial charge in [-0.15, -0.1) is 0 Å². The first-order valence-corrected chi connectivity index (χ1v) is 11.7. The van der Waals surface area contributed by atoms with Gasteiger partial charge in [-0.25, -0.2) is 8.42 Å². The zero-order valence-corrected chi connectivity index (χ0v) is 18.1. The highest BCUT2D eigenvalue weighted by atomic mass is 32.2. The number of amides is 1. The van der Waals surface area contributed by atoms with E-state index in [1.807, 2.05) is 37.3 Å². The highest BCUT2D eigenvalue weighted by molar-refractivity contribution is 7.92. The number of carbonyl (C=O) groups excluding carboxylic acids is 1. The molecule has 0 saturated heterocycles. The number of benzene rings is 3. The number of nitrogens with one attached hydrogen (secondary N) is 1. The van der Waals surface area contributed by atoms with Crippen molar-refractivity contribution in [3.05, 3.63) is 83.9 Å². The molecule has 1 amide bonds. The van der Waals surface area contributed by atoms with Crippen LogP contribution in [0.2, 0.25) is 0 Å². The van der Waals surface area contributed by atoms with Crippen LogP contribution in [0.15, 0.2) is 77.7 Å². The van der Waals surface area contributed by atoms with E-state index in [1.165, 1.54) is 16.4 Å². The van der Waals surface area contributed by atoms with Crippen LogP contribution < -0.4 is 14.4 Å². The molecule has 4 rings (SSSR count). The Morgan fingerprint density at radius 3 is 2.65 bits per heavy atom. The maximum Gasteiger partial charge on any atom is 0.264 e. The molecule has 1 aliphatic rings. The highest BCUT2D eigenvalue weighted by Crippen LogP contribution is 2.33. The molecule has 1 heterocycles. The maximum absolute atomic E-state index is 13.3. The van der Waals surface area contributed by atoms with Crippen molar-refractivity contribution in [3.63, 3.8) is 0 Å². The first kappa shape index (κ1) is 20.9. The van der Waals surface area contributed by atoms with Crippen molar-refractivity contribution in [1.29, 1.82) is 0 Å². The molecule has 0 aliphatic carbocycles. The molecular weight excluding hydrogens is 412 g/mol. The van der Waals surface area contributed by atoms with Crippen LogP contribution in [0.1, 0.15) is 29.3 Å². The lowest BCUT2D eigenvalue weighted by Crippen LogP contribution is -2.29. The smallest absolute Gasteiger partial charge is 0.264 e. The number of anilines is 2. The molecule has 0 saturated carbocycles. The summed E-state index contributed by atoms with van der Waals surface area (Å²) >= 11 is 0. The minimum Gasteiger partial charge on any atom is -0.491 e. The fourth-order valence-corrected chi connectivity index (χ4v) is 5.13. The molecule has 0 radical (unpaired) electrons. The number of sulfonamides is 1. The summed E-state index contributed by atoms with van der Waals surface area (Å²) in [5.41, 5.74) is 2.50. The van der Waals surface area contributed by atoms with Crippen LogP contribution in [0.25, 0.3) is 0 Å². The zero-order valence-electron chi connectivity index (χ0n) is 17.2. The molecule has 3 aromatic rings. The maximum atomic E-state index is 13.3. The van der Waals surface area contributed by atoms with Crippen molar-refractivity contribution in [2.75, 3.05) is 22.8 Å². The summed E-state index contributed by atoms with van der Waals surface area (Å²) in [5.74, 6) is 0.182. The number of nitrogens with zero attached hydrogens (tertiary/aromatic N) is 1. The lowest BCUT2D eigenvalue weighted by Gasteiger charge is -2.20. The summed E-state index contributed by atoms with van der Waals surface area (Å²) in [6.45, 7) is 2.93. The molecule has 0 atom stereocenters. The number of hydrogen-bond acceptors (Lipinski definition) is 4. The molecule has 0 unspecified atom stereocenters. The monoisotopic (exact) mass is 436 g/mol. The van der Waals surface area contributed by atoms with Crippen molar-refractivity contribution in [2.45, 2.75) is 24.7 Å². The number of rotatable bonds is 7. The Morgan fingerprint density at radius 1 is 1.03 bits per heavy atom. The Morgan fingerprint density at radius 2 is 1.81 bits per heavy atom. The predicted octanol–water partition coefficient (Wildman–Crippen LogP) is 4.48. The molecule has 6 nitrogen and oxygen atoms in total. The van der Waals surface area contributed by atoms with Gasteiger partial charge in [0.25, 0.3) is 15.9 Å². The largest absolute Gasteiger partial charge is 0.491 e. The standard InChI is InChI=1S/C24H24N2O4S/c1-2-16-30-23-13-6-4-11-21(23)25-24(27)19-9-7-10-20(17-19)31(28,29)26-15-14-18-8-3-5-12-22(18)26/h3-13,17H,2,14-16H2,1H3,(H,25,27). The van der Waals surface area contributed by atoms with E-state index < -0.39 is 15.9 Å². The predicted molar refractivity (Wildman–Crippen MR) is 121 cm³/mol. The van der Waals surface area contributed by atoms with E-state index in [0.29, 0.717) is 36.7 Å². The Balaban J connectivity index is 1.59. The van der Waals surface area contributed by atoms with Crippen molar-refractivity contribution >= 4 is 27.3 Å². The van der Waals surface area contributed by atoms with Gasteiger partial charge < -0.3 is 10.1 Å². The van der Waals surface area contributed by atoms with E-state index in [-0.39, 0.29) is 10.5 Å².